The molecule has 2 aromatic rings. The zero-order chi connectivity index (χ0) is 21.1. The number of carbonyl (C=O) groups is 3. The Morgan fingerprint density at radius 1 is 1.03 bits per heavy atom. The lowest BCUT2D eigenvalue weighted by Gasteiger charge is -2.19. The molecule has 0 saturated heterocycles. The van der Waals surface area contributed by atoms with Crippen molar-refractivity contribution in [3.05, 3.63) is 41.5 Å². The number of hydrogen-bond acceptors (Lipinski definition) is 6. The molecule has 3 rings (SSSR count). The monoisotopic (exact) mass is 398 g/mol. The number of Topliss-reactive ketones (excluding diaryl/α,β-unsaturated/α-hetero) is 1. The molecule has 2 amide bonds. The highest BCUT2D eigenvalue weighted by atomic mass is 16.5. The SMILES string of the molecule is CCc1ccccc1NC(=O)CN1C(=O)C(=O)c2c1cc(OC)c(OC)c2OC. The number of methoxy groups -OCH3 is 3. The van der Waals surface area contributed by atoms with Crippen LogP contribution in [0.5, 0.6) is 17.2 Å². The van der Waals surface area contributed by atoms with Gasteiger partial charge in [0, 0.05) is 11.8 Å². The number of para-hydroxylation sites is 1. The summed E-state index contributed by atoms with van der Waals surface area (Å²) in [5.74, 6) is -1.41. The van der Waals surface area contributed by atoms with E-state index in [0.29, 0.717) is 5.69 Å². The van der Waals surface area contributed by atoms with Crippen LogP contribution in [0.25, 0.3) is 0 Å². The molecule has 8 nitrogen and oxygen atoms in total. The fourth-order valence-electron chi connectivity index (χ4n) is 3.36. The zero-order valence-electron chi connectivity index (χ0n) is 16.7. The summed E-state index contributed by atoms with van der Waals surface area (Å²) in [5, 5.41) is 2.80. The predicted octanol–water partition coefficient (Wildman–Crippen LogP) is 2.44. The Kier molecular flexibility index (Phi) is 5.72. The Hall–Kier alpha value is -3.55. The summed E-state index contributed by atoms with van der Waals surface area (Å²) in [5.41, 5.74) is 1.94. The van der Waals surface area contributed by atoms with Crippen molar-refractivity contribution >= 4 is 29.0 Å². The molecule has 1 heterocycles. The maximum absolute atomic E-state index is 12.6. The van der Waals surface area contributed by atoms with Gasteiger partial charge in [-0.1, -0.05) is 25.1 Å². The highest BCUT2D eigenvalue weighted by Crippen LogP contribution is 2.47. The highest BCUT2D eigenvalue weighted by Gasteiger charge is 2.42. The Balaban J connectivity index is 1.95. The number of ketones is 1. The number of hydrogen-bond donors (Lipinski definition) is 1. The smallest absolute Gasteiger partial charge is 0.300 e. The number of benzene rings is 2. The molecule has 0 spiro atoms. The van der Waals surface area contributed by atoms with E-state index >= 15 is 0 Å². The summed E-state index contributed by atoms with van der Waals surface area (Å²) in [6.07, 6.45) is 0.745. The van der Waals surface area contributed by atoms with E-state index in [2.05, 4.69) is 5.32 Å². The van der Waals surface area contributed by atoms with Gasteiger partial charge >= 0.3 is 0 Å². The van der Waals surface area contributed by atoms with E-state index in [0.717, 1.165) is 16.9 Å². The van der Waals surface area contributed by atoms with Crippen molar-refractivity contribution in [1.82, 2.24) is 0 Å². The van der Waals surface area contributed by atoms with Crippen LogP contribution >= 0.6 is 0 Å². The Morgan fingerprint density at radius 3 is 2.34 bits per heavy atom. The number of rotatable bonds is 7. The second-order valence-corrected chi connectivity index (χ2v) is 6.32. The zero-order valence-corrected chi connectivity index (χ0v) is 16.7. The second kappa shape index (κ2) is 8.22. The minimum Gasteiger partial charge on any atom is -0.493 e. The van der Waals surface area contributed by atoms with E-state index in [4.69, 9.17) is 14.2 Å². The first kappa shape index (κ1) is 20.2. The van der Waals surface area contributed by atoms with Crippen LogP contribution in [0.3, 0.4) is 0 Å². The number of carbonyl (C=O) groups excluding carboxylic acids is 3. The standard InChI is InChI=1S/C21H22N2O6/c1-5-12-8-6-7-9-13(12)22-16(24)11-23-14-10-15(27-2)19(28-3)20(29-4)17(14)18(25)21(23)26/h6-10H,5,11H2,1-4H3,(H,22,24). The average Bonchev–Trinajstić information content (AvgIpc) is 2.97. The number of nitrogens with one attached hydrogen (secondary N) is 1. The van der Waals surface area contributed by atoms with E-state index in [9.17, 15) is 14.4 Å². The van der Waals surface area contributed by atoms with Crippen molar-refractivity contribution in [3.63, 3.8) is 0 Å². The van der Waals surface area contributed by atoms with Crippen molar-refractivity contribution in [2.75, 3.05) is 38.1 Å². The molecule has 2 aromatic carbocycles. The quantitative estimate of drug-likeness (QED) is 0.720. The van der Waals surface area contributed by atoms with E-state index in [1.54, 1.807) is 6.07 Å². The number of nitrogens with zero attached hydrogens (tertiary/aromatic N) is 1. The first-order valence-corrected chi connectivity index (χ1v) is 9.03. The summed E-state index contributed by atoms with van der Waals surface area (Å²) in [4.78, 5) is 38.9. The molecule has 0 unspecified atom stereocenters. The molecular weight excluding hydrogens is 376 g/mol. The van der Waals surface area contributed by atoms with Gasteiger partial charge in [-0.05, 0) is 18.1 Å². The van der Waals surface area contributed by atoms with Gasteiger partial charge in [-0.2, -0.15) is 0 Å². The lowest BCUT2D eigenvalue weighted by atomic mass is 10.1. The van der Waals surface area contributed by atoms with Gasteiger partial charge < -0.3 is 19.5 Å². The maximum Gasteiger partial charge on any atom is 0.300 e. The van der Waals surface area contributed by atoms with E-state index in [1.165, 1.54) is 27.4 Å². The molecule has 0 bridgehead atoms. The summed E-state index contributed by atoms with van der Waals surface area (Å²) < 4.78 is 15.9. The Labute approximate surface area is 168 Å². The fourth-order valence-corrected chi connectivity index (χ4v) is 3.36. The number of anilines is 2. The third-order valence-electron chi connectivity index (χ3n) is 4.74. The summed E-state index contributed by atoms with van der Waals surface area (Å²) in [6, 6.07) is 8.90. The van der Waals surface area contributed by atoms with E-state index < -0.39 is 17.6 Å². The molecule has 0 saturated carbocycles. The first-order chi connectivity index (χ1) is 14.0. The molecule has 29 heavy (non-hydrogen) atoms. The number of aryl methyl sites for hydroxylation is 1. The van der Waals surface area contributed by atoms with Gasteiger partial charge in [0.2, 0.25) is 11.7 Å². The molecule has 1 N–H and O–H groups in total. The molecule has 1 aliphatic rings. The van der Waals surface area contributed by atoms with Crippen molar-refractivity contribution < 1.29 is 28.6 Å². The maximum atomic E-state index is 12.6. The van der Waals surface area contributed by atoms with Crippen LogP contribution in [0.15, 0.2) is 30.3 Å². The van der Waals surface area contributed by atoms with Crippen molar-refractivity contribution in [2.24, 2.45) is 0 Å². The predicted molar refractivity (Wildman–Crippen MR) is 107 cm³/mol. The van der Waals surface area contributed by atoms with Crippen molar-refractivity contribution in [1.29, 1.82) is 0 Å². The Bertz CT molecular complexity index is 985. The lowest BCUT2D eigenvalue weighted by Crippen LogP contribution is -2.37. The minimum absolute atomic E-state index is 0.0527. The van der Waals surface area contributed by atoms with Gasteiger partial charge in [0.25, 0.3) is 11.7 Å². The number of amides is 2. The topological polar surface area (TPSA) is 94.2 Å². The molecule has 152 valence electrons. The molecule has 8 heteroatoms. The van der Waals surface area contributed by atoms with Gasteiger partial charge in [0.05, 0.1) is 32.6 Å². The fraction of sp³-hybridized carbons (Fsp3) is 0.286. The molecule has 0 atom stereocenters. The molecule has 1 aliphatic heterocycles. The summed E-state index contributed by atoms with van der Waals surface area (Å²) in [7, 11) is 4.21. The molecule has 0 aliphatic carbocycles. The minimum atomic E-state index is -0.812. The normalized spacial score (nSPS) is 12.6. The van der Waals surface area contributed by atoms with Gasteiger partial charge in [0.1, 0.15) is 6.54 Å². The van der Waals surface area contributed by atoms with E-state index in [-0.39, 0.29) is 35.0 Å². The third-order valence-corrected chi connectivity index (χ3v) is 4.74. The van der Waals surface area contributed by atoms with Crippen LogP contribution in [-0.4, -0.2) is 45.5 Å². The van der Waals surface area contributed by atoms with Crippen molar-refractivity contribution in [2.45, 2.75) is 13.3 Å². The molecule has 0 radical (unpaired) electrons. The summed E-state index contributed by atoms with van der Waals surface area (Å²) in [6.45, 7) is 1.66. The molecule has 0 fully saturated rings. The first-order valence-electron chi connectivity index (χ1n) is 9.03. The van der Waals surface area contributed by atoms with E-state index in [1.807, 2.05) is 25.1 Å². The average molecular weight is 398 g/mol. The van der Waals surface area contributed by atoms with Crippen LogP contribution in [-0.2, 0) is 16.0 Å². The summed E-state index contributed by atoms with van der Waals surface area (Å²) >= 11 is 0. The molecular formula is C21H22N2O6. The third kappa shape index (κ3) is 3.49. The number of fused-ring (bicyclic) bond motifs is 1. The highest BCUT2D eigenvalue weighted by molar-refractivity contribution is 6.53. The van der Waals surface area contributed by atoms with Gasteiger partial charge in [-0.25, -0.2) is 0 Å². The van der Waals surface area contributed by atoms with Crippen LogP contribution in [0.2, 0.25) is 0 Å². The van der Waals surface area contributed by atoms with Crippen LogP contribution in [0, 0.1) is 0 Å². The number of ether oxygens (including phenoxy) is 3. The largest absolute Gasteiger partial charge is 0.493 e. The van der Waals surface area contributed by atoms with Gasteiger partial charge in [-0.15, -0.1) is 0 Å². The van der Waals surface area contributed by atoms with Crippen LogP contribution in [0.1, 0.15) is 22.8 Å². The Morgan fingerprint density at radius 2 is 1.72 bits per heavy atom. The van der Waals surface area contributed by atoms with Crippen molar-refractivity contribution in [3.8, 4) is 17.2 Å². The lowest BCUT2D eigenvalue weighted by molar-refractivity contribution is -0.118. The van der Waals surface area contributed by atoms with Crippen LogP contribution < -0.4 is 24.4 Å². The van der Waals surface area contributed by atoms with Gasteiger partial charge in [0.15, 0.2) is 11.5 Å². The van der Waals surface area contributed by atoms with Gasteiger partial charge in [-0.3, -0.25) is 19.3 Å². The van der Waals surface area contributed by atoms with Crippen LogP contribution in [0.4, 0.5) is 11.4 Å². The molecule has 0 aromatic heterocycles. The second-order valence-electron chi connectivity index (χ2n) is 6.32.